The van der Waals surface area contributed by atoms with Crippen LogP contribution in [0, 0.1) is 6.92 Å². The molecule has 0 saturated carbocycles. The molecule has 0 spiro atoms. The average Bonchev–Trinajstić information content (AvgIpc) is 3.09. The number of pyridine rings is 1. The zero-order valence-corrected chi connectivity index (χ0v) is 13.0. The number of nitrogens with zero attached hydrogens (tertiary/aromatic N) is 2. The minimum atomic E-state index is -0.162. The number of hydrogen-bond acceptors (Lipinski definition) is 4. The maximum Gasteiger partial charge on any atom is 0.289 e. The van der Waals surface area contributed by atoms with Crippen molar-refractivity contribution >= 4 is 11.8 Å². The first-order valence-electron chi connectivity index (χ1n) is 7.71. The molecule has 1 saturated heterocycles. The number of aryl methyl sites for hydroxylation is 1. The predicted molar refractivity (Wildman–Crippen MR) is 84.1 cm³/mol. The van der Waals surface area contributed by atoms with Gasteiger partial charge in [-0.15, -0.1) is 0 Å². The summed E-state index contributed by atoms with van der Waals surface area (Å²) in [7, 11) is 0. The highest BCUT2D eigenvalue weighted by Crippen LogP contribution is 2.15. The lowest BCUT2D eigenvalue weighted by molar-refractivity contribution is 0.0667. The molecule has 2 aromatic rings. The van der Waals surface area contributed by atoms with Crippen molar-refractivity contribution in [3.8, 4) is 0 Å². The molecule has 0 bridgehead atoms. The Hall–Kier alpha value is -2.63. The molecule has 3 rings (SSSR count). The van der Waals surface area contributed by atoms with E-state index in [1.165, 1.54) is 6.26 Å². The molecule has 1 fully saturated rings. The van der Waals surface area contributed by atoms with Crippen LogP contribution in [0.3, 0.4) is 0 Å². The van der Waals surface area contributed by atoms with Crippen LogP contribution in [0.2, 0.25) is 0 Å². The minimum Gasteiger partial charge on any atom is -0.459 e. The second-order valence-corrected chi connectivity index (χ2v) is 5.68. The van der Waals surface area contributed by atoms with Crippen LogP contribution >= 0.6 is 0 Å². The summed E-state index contributed by atoms with van der Waals surface area (Å²) in [4.78, 5) is 30.4. The number of hydrogen-bond donors (Lipinski definition) is 1. The van der Waals surface area contributed by atoms with Crippen molar-refractivity contribution in [1.82, 2.24) is 15.2 Å². The summed E-state index contributed by atoms with van der Waals surface area (Å²) in [5, 5.41) is 2.99. The molecule has 6 heteroatoms. The molecule has 23 heavy (non-hydrogen) atoms. The summed E-state index contributed by atoms with van der Waals surface area (Å²) in [5.41, 5.74) is 1.25. The molecular formula is C17H19N3O3. The predicted octanol–water partition coefficient (Wildman–Crippen LogP) is 2.02. The van der Waals surface area contributed by atoms with Crippen LogP contribution in [-0.2, 0) is 0 Å². The molecule has 0 aromatic carbocycles. The number of likely N-dealkylation sites (tertiary alicyclic amines) is 1. The van der Waals surface area contributed by atoms with Gasteiger partial charge in [0, 0.05) is 24.8 Å². The van der Waals surface area contributed by atoms with Crippen molar-refractivity contribution in [2.45, 2.75) is 25.8 Å². The third kappa shape index (κ3) is 3.59. The summed E-state index contributed by atoms with van der Waals surface area (Å²) in [6.45, 7) is 3.06. The Morgan fingerprint density at radius 2 is 2.00 bits per heavy atom. The standard InChI is InChI=1S/C17H19N3O3/c1-12-4-2-5-14(18-12)16(21)19-13-7-9-20(10-8-13)17(22)15-6-3-11-23-15/h2-6,11,13H,7-10H2,1H3,(H,19,21). The van der Waals surface area contributed by atoms with Gasteiger partial charge < -0.3 is 14.6 Å². The van der Waals surface area contributed by atoms with Crippen LogP contribution in [0.25, 0.3) is 0 Å². The van der Waals surface area contributed by atoms with Crippen LogP contribution in [0.4, 0.5) is 0 Å². The lowest BCUT2D eigenvalue weighted by atomic mass is 10.0. The van der Waals surface area contributed by atoms with E-state index in [9.17, 15) is 9.59 Å². The van der Waals surface area contributed by atoms with Gasteiger partial charge in [0.2, 0.25) is 0 Å². The summed E-state index contributed by atoms with van der Waals surface area (Å²) in [6, 6.07) is 8.81. The fourth-order valence-electron chi connectivity index (χ4n) is 2.71. The molecule has 1 aliphatic rings. The van der Waals surface area contributed by atoms with Crippen molar-refractivity contribution in [3.63, 3.8) is 0 Å². The van der Waals surface area contributed by atoms with Gasteiger partial charge >= 0.3 is 0 Å². The van der Waals surface area contributed by atoms with Crippen molar-refractivity contribution in [3.05, 3.63) is 53.7 Å². The maximum atomic E-state index is 12.2. The first-order chi connectivity index (χ1) is 11.1. The number of piperidine rings is 1. The van der Waals surface area contributed by atoms with E-state index in [4.69, 9.17) is 4.42 Å². The van der Waals surface area contributed by atoms with Crippen molar-refractivity contribution in [1.29, 1.82) is 0 Å². The van der Waals surface area contributed by atoms with Crippen molar-refractivity contribution in [2.24, 2.45) is 0 Å². The van der Waals surface area contributed by atoms with E-state index in [0.717, 1.165) is 18.5 Å². The number of carbonyl (C=O) groups is 2. The highest BCUT2D eigenvalue weighted by atomic mass is 16.3. The quantitative estimate of drug-likeness (QED) is 0.940. The molecule has 0 radical (unpaired) electrons. The number of aromatic nitrogens is 1. The van der Waals surface area contributed by atoms with Gasteiger partial charge in [-0.1, -0.05) is 6.07 Å². The second-order valence-electron chi connectivity index (χ2n) is 5.68. The second kappa shape index (κ2) is 6.64. The van der Waals surface area contributed by atoms with E-state index in [1.54, 1.807) is 23.1 Å². The Kier molecular flexibility index (Phi) is 4.41. The normalized spacial score (nSPS) is 15.4. The Balaban J connectivity index is 1.53. The first-order valence-corrected chi connectivity index (χ1v) is 7.71. The Morgan fingerprint density at radius 1 is 1.22 bits per heavy atom. The molecule has 2 aromatic heterocycles. The zero-order chi connectivity index (χ0) is 16.2. The Bertz CT molecular complexity index is 689. The number of amides is 2. The maximum absolute atomic E-state index is 12.2. The molecular weight excluding hydrogens is 294 g/mol. The van der Waals surface area contributed by atoms with E-state index in [0.29, 0.717) is 24.5 Å². The smallest absolute Gasteiger partial charge is 0.289 e. The fourth-order valence-corrected chi connectivity index (χ4v) is 2.71. The zero-order valence-electron chi connectivity index (χ0n) is 13.0. The van der Waals surface area contributed by atoms with Gasteiger partial charge in [0.25, 0.3) is 11.8 Å². The van der Waals surface area contributed by atoms with Crippen molar-refractivity contribution in [2.75, 3.05) is 13.1 Å². The van der Waals surface area contributed by atoms with E-state index in [1.807, 2.05) is 19.1 Å². The summed E-state index contributed by atoms with van der Waals surface area (Å²) >= 11 is 0. The molecule has 2 amide bonds. The van der Waals surface area contributed by atoms with Crippen LogP contribution in [0.15, 0.2) is 41.0 Å². The monoisotopic (exact) mass is 313 g/mol. The fraction of sp³-hybridized carbons (Fsp3) is 0.353. The van der Waals surface area contributed by atoms with Gasteiger partial charge in [0.05, 0.1) is 6.26 Å². The van der Waals surface area contributed by atoms with E-state index in [2.05, 4.69) is 10.3 Å². The van der Waals surface area contributed by atoms with Gasteiger partial charge in [-0.05, 0) is 44.0 Å². The third-order valence-electron chi connectivity index (χ3n) is 3.97. The molecule has 1 N–H and O–H groups in total. The summed E-state index contributed by atoms with van der Waals surface area (Å²) < 4.78 is 5.14. The Labute approximate surface area is 134 Å². The van der Waals surface area contributed by atoms with E-state index < -0.39 is 0 Å². The summed E-state index contributed by atoms with van der Waals surface area (Å²) in [5.74, 6) is 0.0982. The van der Waals surface area contributed by atoms with Gasteiger partial charge in [-0.3, -0.25) is 9.59 Å². The number of rotatable bonds is 3. The number of nitrogens with one attached hydrogen (secondary N) is 1. The molecule has 0 unspecified atom stereocenters. The largest absolute Gasteiger partial charge is 0.459 e. The lowest BCUT2D eigenvalue weighted by Crippen LogP contribution is -2.46. The average molecular weight is 313 g/mol. The molecule has 0 aliphatic carbocycles. The molecule has 6 nitrogen and oxygen atoms in total. The highest BCUT2D eigenvalue weighted by molar-refractivity contribution is 5.93. The van der Waals surface area contributed by atoms with Gasteiger partial charge in [0.1, 0.15) is 5.69 Å². The number of furan rings is 1. The van der Waals surface area contributed by atoms with Gasteiger partial charge in [0.15, 0.2) is 5.76 Å². The first kappa shape index (κ1) is 15.3. The molecule has 0 atom stereocenters. The minimum absolute atomic E-state index is 0.0606. The van der Waals surface area contributed by atoms with Crippen LogP contribution in [-0.4, -0.2) is 40.8 Å². The van der Waals surface area contributed by atoms with E-state index in [-0.39, 0.29) is 17.9 Å². The highest BCUT2D eigenvalue weighted by Gasteiger charge is 2.26. The van der Waals surface area contributed by atoms with Gasteiger partial charge in [-0.2, -0.15) is 0 Å². The Morgan fingerprint density at radius 3 is 2.65 bits per heavy atom. The van der Waals surface area contributed by atoms with E-state index >= 15 is 0 Å². The topological polar surface area (TPSA) is 75.4 Å². The third-order valence-corrected chi connectivity index (χ3v) is 3.97. The summed E-state index contributed by atoms with van der Waals surface area (Å²) in [6.07, 6.45) is 2.95. The lowest BCUT2D eigenvalue weighted by Gasteiger charge is -2.31. The number of carbonyl (C=O) groups excluding carboxylic acids is 2. The molecule has 120 valence electrons. The molecule has 3 heterocycles. The van der Waals surface area contributed by atoms with Crippen LogP contribution < -0.4 is 5.32 Å². The van der Waals surface area contributed by atoms with Crippen molar-refractivity contribution < 1.29 is 14.0 Å². The molecule has 1 aliphatic heterocycles. The van der Waals surface area contributed by atoms with Crippen LogP contribution in [0.5, 0.6) is 0 Å². The SMILES string of the molecule is Cc1cccc(C(=O)NC2CCN(C(=O)c3ccco3)CC2)n1. The van der Waals surface area contributed by atoms with Gasteiger partial charge in [-0.25, -0.2) is 4.98 Å². The van der Waals surface area contributed by atoms with Crippen LogP contribution in [0.1, 0.15) is 39.6 Å².